The summed E-state index contributed by atoms with van der Waals surface area (Å²) >= 11 is 0. The van der Waals surface area contributed by atoms with Gasteiger partial charge >= 0.3 is 5.97 Å². The zero-order valence-electron chi connectivity index (χ0n) is 6.55. The molecule has 0 bridgehead atoms. The molecule has 0 saturated carbocycles. The zero-order valence-corrected chi connectivity index (χ0v) is 6.55. The van der Waals surface area contributed by atoms with Crippen molar-refractivity contribution in [3.8, 4) is 0 Å². The Bertz CT molecular complexity index is 352. The van der Waals surface area contributed by atoms with Gasteiger partial charge in [0.15, 0.2) is 11.6 Å². The van der Waals surface area contributed by atoms with Crippen molar-refractivity contribution in [1.29, 1.82) is 0 Å². The lowest BCUT2D eigenvalue weighted by Crippen LogP contribution is -2.06. The third-order valence-electron chi connectivity index (χ3n) is 1.55. The first kappa shape index (κ1) is 9.60. The first-order chi connectivity index (χ1) is 6.06. The summed E-state index contributed by atoms with van der Waals surface area (Å²) in [5.41, 5.74) is 4.71. The van der Waals surface area contributed by atoms with Crippen molar-refractivity contribution in [2.24, 2.45) is 5.73 Å². The van der Waals surface area contributed by atoms with Crippen LogP contribution in [0.5, 0.6) is 0 Å². The molecule has 3 N–H and O–H groups in total. The normalized spacial score (nSPS) is 10.1. The average Bonchev–Trinajstić information content (AvgIpc) is 2.09. The number of aromatic carboxylic acids is 1. The van der Waals surface area contributed by atoms with Crippen molar-refractivity contribution in [2.75, 3.05) is 0 Å². The lowest BCUT2D eigenvalue weighted by Gasteiger charge is -2.02. The van der Waals surface area contributed by atoms with Crippen LogP contribution in [0.15, 0.2) is 12.1 Å². The molecule has 0 spiro atoms. The van der Waals surface area contributed by atoms with Crippen molar-refractivity contribution in [2.45, 2.75) is 6.54 Å². The molecule has 0 aliphatic carbocycles. The third kappa shape index (κ3) is 1.81. The van der Waals surface area contributed by atoms with E-state index in [1.165, 1.54) is 0 Å². The molecule has 5 heteroatoms. The molecule has 1 aromatic rings. The number of rotatable bonds is 2. The maximum atomic E-state index is 12.8. The van der Waals surface area contributed by atoms with E-state index < -0.39 is 23.2 Å². The number of benzene rings is 1. The fourth-order valence-electron chi connectivity index (χ4n) is 0.919. The Kier molecular flexibility index (Phi) is 2.57. The van der Waals surface area contributed by atoms with Crippen LogP contribution in [-0.2, 0) is 6.54 Å². The van der Waals surface area contributed by atoms with E-state index in [-0.39, 0.29) is 12.1 Å². The molecule has 13 heavy (non-hydrogen) atoms. The summed E-state index contributed by atoms with van der Waals surface area (Å²) in [6.45, 7) is -0.0303. The predicted octanol–water partition coefficient (Wildman–Crippen LogP) is 1.12. The summed E-state index contributed by atoms with van der Waals surface area (Å²) in [5, 5.41) is 8.46. The number of carboxylic acids is 1. The Labute approximate surface area is 72.8 Å². The Balaban J connectivity index is 3.33. The highest BCUT2D eigenvalue weighted by molar-refractivity contribution is 5.88. The number of halogens is 2. The molecule has 3 nitrogen and oxygen atoms in total. The molecule has 0 heterocycles. The Morgan fingerprint density at radius 2 is 2.08 bits per heavy atom. The molecular formula is C8H7F2NO2. The Morgan fingerprint density at radius 1 is 1.46 bits per heavy atom. The predicted molar refractivity (Wildman–Crippen MR) is 41.2 cm³/mol. The molecule has 1 aromatic carbocycles. The Morgan fingerprint density at radius 3 is 2.54 bits per heavy atom. The van der Waals surface area contributed by atoms with Crippen molar-refractivity contribution in [3.05, 3.63) is 34.9 Å². The van der Waals surface area contributed by atoms with Gasteiger partial charge in [0.2, 0.25) is 0 Å². The topological polar surface area (TPSA) is 63.3 Å². The van der Waals surface area contributed by atoms with Crippen molar-refractivity contribution < 1.29 is 18.7 Å². The van der Waals surface area contributed by atoms with Gasteiger partial charge in [0.05, 0.1) is 5.56 Å². The van der Waals surface area contributed by atoms with Gasteiger partial charge in [0, 0.05) is 6.54 Å². The van der Waals surface area contributed by atoms with Gasteiger partial charge in [-0.15, -0.1) is 0 Å². The van der Waals surface area contributed by atoms with Gasteiger partial charge in [-0.3, -0.25) is 0 Å². The summed E-state index contributed by atoms with van der Waals surface area (Å²) in [5.74, 6) is -4.06. The second-order valence-electron chi connectivity index (χ2n) is 2.45. The first-order valence-electron chi connectivity index (χ1n) is 3.47. The highest BCUT2D eigenvalue weighted by Crippen LogP contribution is 2.14. The van der Waals surface area contributed by atoms with Crippen LogP contribution in [0.3, 0.4) is 0 Å². The second-order valence-corrected chi connectivity index (χ2v) is 2.45. The van der Waals surface area contributed by atoms with Crippen LogP contribution in [-0.4, -0.2) is 11.1 Å². The zero-order chi connectivity index (χ0) is 10.0. The first-order valence-corrected chi connectivity index (χ1v) is 3.47. The molecule has 70 valence electrons. The molecule has 0 radical (unpaired) electrons. The lowest BCUT2D eigenvalue weighted by molar-refractivity contribution is 0.0690. The van der Waals surface area contributed by atoms with Gasteiger partial charge in [0.25, 0.3) is 0 Å². The molecule has 0 unspecified atom stereocenters. The Hall–Kier alpha value is -1.49. The molecular weight excluding hydrogens is 180 g/mol. The third-order valence-corrected chi connectivity index (χ3v) is 1.55. The van der Waals surface area contributed by atoms with E-state index in [1.807, 2.05) is 0 Å². The number of nitrogens with two attached hydrogens (primary N) is 1. The van der Waals surface area contributed by atoms with Crippen LogP contribution in [0.2, 0.25) is 0 Å². The molecule has 0 fully saturated rings. The van der Waals surface area contributed by atoms with E-state index >= 15 is 0 Å². The van der Waals surface area contributed by atoms with Crippen LogP contribution < -0.4 is 5.73 Å². The monoisotopic (exact) mass is 187 g/mol. The maximum Gasteiger partial charge on any atom is 0.338 e. The second kappa shape index (κ2) is 3.49. The molecule has 0 aliphatic heterocycles. The molecule has 0 amide bonds. The largest absolute Gasteiger partial charge is 0.478 e. The number of hydrogen-bond donors (Lipinski definition) is 2. The minimum Gasteiger partial charge on any atom is -0.478 e. The number of carboxylic acid groups (broad SMARTS) is 1. The van der Waals surface area contributed by atoms with Gasteiger partial charge in [-0.1, -0.05) is 0 Å². The van der Waals surface area contributed by atoms with E-state index in [9.17, 15) is 13.6 Å². The van der Waals surface area contributed by atoms with Crippen LogP contribution in [0.4, 0.5) is 8.78 Å². The summed E-state index contributed by atoms with van der Waals surface area (Å²) < 4.78 is 25.5. The van der Waals surface area contributed by atoms with E-state index in [0.717, 1.165) is 12.1 Å². The summed E-state index contributed by atoms with van der Waals surface area (Å²) in [7, 11) is 0. The minimum absolute atomic E-state index is 0.0303. The number of carbonyl (C=O) groups is 1. The maximum absolute atomic E-state index is 12.8. The van der Waals surface area contributed by atoms with Crippen molar-refractivity contribution in [1.82, 2.24) is 0 Å². The van der Waals surface area contributed by atoms with E-state index in [4.69, 9.17) is 10.8 Å². The minimum atomic E-state index is -1.51. The van der Waals surface area contributed by atoms with Gasteiger partial charge < -0.3 is 10.8 Å². The molecule has 0 saturated heterocycles. The molecule has 1 rings (SSSR count). The number of hydrogen-bond acceptors (Lipinski definition) is 2. The van der Waals surface area contributed by atoms with E-state index in [1.54, 1.807) is 0 Å². The van der Waals surface area contributed by atoms with Crippen LogP contribution in [0.25, 0.3) is 0 Å². The quantitative estimate of drug-likeness (QED) is 0.729. The summed E-state index contributed by atoms with van der Waals surface area (Å²) in [4.78, 5) is 10.4. The van der Waals surface area contributed by atoms with Crippen molar-refractivity contribution >= 4 is 5.97 Å². The van der Waals surface area contributed by atoms with E-state index in [2.05, 4.69) is 0 Å². The van der Waals surface area contributed by atoms with Crippen LogP contribution >= 0.6 is 0 Å². The van der Waals surface area contributed by atoms with E-state index in [0.29, 0.717) is 0 Å². The molecule has 0 aliphatic rings. The lowest BCUT2D eigenvalue weighted by atomic mass is 10.1. The van der Waals surface area contributed by atoms with Crippen LogP contribution in [0, 0.1) is 11.6 Å². The summed E-state index contributed by atoms with van der Waals surface area (Å²) in [6, 6.07) is 1.89. The van der Waals surface area contributed by atoms with Gasteiger partial charge in [-0.2, -0.15) is 0 Å². The smallest absolute Gasteiger partial charge is 0.338 e. The van der Waals surface area contributed by atoms with Crippen molar-refractivity contribution in [3.63, 3.8) is 0 Å². The van der Waals surface area contributed by atoms with Gasteiger partial charge in [0.1, 0.15) is 0 Å². The fraction of sp³-hybridized carbons (Fsp3) is 0.125. The molecule has 0 aromatic heterocycles. The summed E-state index contributed by atoms with van der Waals surface area (Å²) in [6.07, 6.45) is 0. The van der Waals surface area contributed by atoms with Gasteiger partial charge in [-0.05, 0) is 17.7 Å². The SMILES string of the molecule is NCc1cc(F)c(F)c(C(=O)O)c1. The van der Waals surface area contributed by atoms with Gasteiger partial charge in [-0.25, -0.2) is 13.6 Å². The molecule has 0 atom stereocenters. The highest BCUT2D eigenvalue weighted by atomic mass is 19.2. The average molecular weight is 187 g/mol. The fourth-order valence-corrected chi connectivity index (χ4v) is 0.919. The highest BCUT2D eigenvalue weighted by Gasteiger charge is 2.15. The standard InChI is InChI=1S/C8H7F2NO2/c9-6-2-4(3-11)1-5(7(6)10)8(12)13/h1-2H,3,11H2,(H,12,13). The van der Waals surface area contributed by atoms with Crippen LogP contribution in [0.1, 0.15) is 15.9 Å².